The third-order valence-corrected chi connectivity index (χ3v) is 4.11. The van der Waals surface area contributed by atoms with Gasteiger partial charge in [0.05, 0.1) is 20.8 Å². The predicted octanol–water partition coefficient (Wildman–Crippen LogP) is 3.30. The van der Waals surface area contributed by atoms with E-state index in [9.17, 15) is 9.59 Å². The van der Waals surface area contributed by atoms with Gasteiger partial charge in [-0.25, -0.2) is 4.79 Å². The van der Waals surface area contributed by atoms with Gasteiger partial charge in [-0.1, -0.05) is 6.08 Å². The van der Waals surface area contributed by atoms with E-state index in [1.54, 1.807) is 32.2 Å². The number of ether oxygens (including phenoxy) is 2. The number of allylic oxidation sites excluding steroid dienone is 1. The van der Waals surface area contributed by atoms with Crippen molar-refractivity contribution in [2.24, 2.45) is 0 Å². The van der Waals surface area contributed by atoms with Gasteiger partial charge in [0.2, 0.25) is 0 Å². The highest BCUT2D eigenvalue weighted by Crippen LogP contribution is 2.33. The molecule has 2 rings (SSSR count). The lowest BCUT2D eigenvalue weighted by Gasteiger charge is -2.18. The van der Waals surface area contributed by atoms with E-state index in [0.717, 1.165) is 5.56 Å². The number of rotatable bonds is 8. The van der Waals surface area contributed by atoms with Crippen LogP contribution in [-0.4, -0.2) is 43.2 Å². The van der Waals surface area contributed by atoms with Crippen LogP contribution in [0.5, 0.6) is 11.5 Å². The number of methoxy groups -OCH3 is 2. The van der Waals surface area contributed by atoms with Crippen molar-refractivity contribution in [3.63, 3.8) is 0 Å². The third-order valence-electron chi connectivity index (χ3n) is 4.11. The molecule has 7 heteroatoms. The highest BCUT2D eigenvalue weighted by atomic mass is 16.5. The van der Waals surface area contributed by atoms with Crippen molar-refractivity contribution in [2.45, 2.75) is 19.9 Å². The maximum absolute atomic E-state index is 12.8. The zero-order valence-corrected chi connectivity index (χ0v) is 15.9. The maximum atomic E-state index is 12.8. The number of benzene rings is 1. The Bertz CT molecular complexity index is 868. The summed E-state index contributed by atoms with van der Waals surface area (Å²) in [7, 11) is 4.66. The standard InChI is InChI=1S/C20H23NO6/c1-6-7-13-8-14(9-17(25-4)18(13)26-5)19(22)21(3)11-15-10-16(20(23)24)12(2)27-15/h6,8-10H,1,7,11H2,2-5H3,(H,23,24). The van der Waals surface area contributed by atoms with Crippen LogP contribution >= 0.6 is 0 Å². The van der Waals surface area contributed by atoms with Crippen molar-refractivity contribution in [2.75, 3.05) is 21.3 Å². The summed E-state index contributed by atoms with van der Waals surface area (Å²) in [5.41, 5.74) is 1.30. The molecule has 0 fully saturated rings. The molecule has 1 N–H and O–H groups in total. The second kappa shape index (κ2) is 8.44. The molecular formula is C20H23NO6. The van der Waals surface area contributed by atoms with Crippen molar-refractivity contribution in [3.05, 3.63) is 59.1 Å². The summed E-state index contributed by atoms with van der Waals surface area (Å²) in [6.07, 6.45) is 2.23. The molecule has 1 aromatic carbocycles. The first kappa shape index (κ1) is 20.1. The third kappa shape index (κ3) is 4.31. The highest BCUT2D eigenvalue weighted by molar-refractivity contribution is 5.95. The quantitative estimate of drug-likeness (QED) is 0.714. The van der Waals surface area contributed by atoms with Crippen molar-refractivity contribution >= 4 is 11.9 Å². The average Bonchev–Trinajstić information content (AvgIpc) is 3.00. The van der Waals surface area contributed by atoms with E-state index in [1.165, 1.54) is 25.2 Å². The minimum atomic E-state index is -1.06. The van der Waals surface area contributed by atoms with E-state index in [2.05, 4.69) is 6.58 Å². The molecule has 0 saturated carbocycles. The van der Waals surface area contributed by atoms with E-state index >= 15 is 0 Å². The fourth-order valence-corrected chi connectivity index (χ4v) is 2.83. The topological polar surface area (TPSA) is 89.2 Å². The van der Waals surface area contributed by atoms with Crippen molar-refractivity contribution in [3.8, 4) is 11.5 Å². The first-order valence-electron chi connectivity index (χ1n) is 8.26. The number of carbonyl (C=O) groups is 2. The number of nitrogens with zero attached hydrogens (tertiary/aromatic N) is 1. The molecule has 0 aliphatic rings. The van der Waals surface area contributed by atoms with Gasteiger partial charge in [-0.05, 0) is 31.5 Å². The number of hydrogen-bond donors (Lipinski definition) is 1. The highest BCUT2D eigenvalue weighted by Gasteiger charge is 2.20. The minimum Gasteiger partial charge on any atom is -0.493 e. The number of aryl methyl sites for hydroxylation is 1. The van der Waals surface area contributed by atoms with E-state index in [1.807, 2.05) is 0 Å². The van der Waals surface area contributed by atoms with Gasteiger partial charge in [0.25, 0.3) is 5.91 Å². The number of hydrogen-bond acceptors (Lipinski definition) is 5. The van der Waals surface area contributed by atoms with E-state index in [0.29, 0.717) is 35.0 Å². The number of aromatic carboxylic acids is 1. The van der Waals surface area contributed by atoms with Gasteiger partial charge in [-0.2, -0.15) is 0 Å². The van der Waals surface area contributed by atoms with Gasteiger partial charge < -0.3 is 23.9 Å². The zero-order valence-electron chi connectivity index (χ0n) is 15.9. The van der Waals surface area contributed by atoms with Gasteiger partial charge >= 0.3 is 5.97 Å². The number of carbonyl (C=O) groups excluding carboxylic acids is 1. The molecular weight excluding hydrogens is 350 g/mol. The molecule has 0 unspecified atom stereocenters. The molecule has 0 radical (unpaired) electrons. The number of amides is 1. The zero-order chi connectivity index (χ0) is 20.1. The van der Waals surface area contributed by atoms with Crippen molar-refractivity contribution in [1.82, 2.24) is 4.90 Å². The Kier molecular flexibility index (Phi) is 6.28. The Labute approximate surface area is 157 Å². The van der Waals surface area contributed by atoms with Gasteiger partial charge in [0.15, 0.2) is 11.5 Å². The monoisotopic (exact) mass is 373 g/mol. The molecule has 144 valence electrons. The molecule has 1 heterocycles. The molecule has 0 atom stereocenters. The summed E-state index contributed by atoms with van der Waals surface area (Å²) >= 11 is 0. The van der Waals surface area contributed by atoms with Crippen molar-refractivity contribution in [1.29, 1.82) is 0 Å². The molecule has 1 aromatic heterocycles. The lowest BCUT2D eigenvalue weighted by atomic mass is 10.0. The Morgan fingerprint density at radius 1 is 1.26 bits per heavy atom. The second-order valence-electron chi connectivity index (χ2n) is 6.01. The lowest BCUT2D eigenvalue weighted by Crippen LogP contribution is -2.26. The van der Waals surface area contributed by atoms with Crippen LogP contribution in [0, 0.1) is 6.92 Å². The second-order valence-corrected chi connectivity index (χ2v) is 6.01. The maximum Gasteiger partial charge on any atom is 0.339 e. The van der Waals surface area contributed by atoms with Gasteiger partial charge in [-0.3, -0.25) is 4.79 Å². The first-order chi connectivity index (χ1) is 12.8. The van der Waals surface area contributed by atoms with Gasteiger partial charge in [-0.15, -0.1) is 6.58 Å². The summed E-state index contributed by atoms with van der Waals surface area (Å²) in [5, 5.41) is 9.11. The van der Waals surface area contributed by atoms with Gasteiger partial charge in [0, 0.05) is 18.2 Å². The largest absolute Gasteiger partial charge is 0.493 e. The molecule has 0 spiro atoms. The van der Waals surface area contributed by atoms with E-state index in [4.69, 9.17) is 19.0 Å². The average molecular weight is 373 g/mol. The fourth-order valence-electron chi connectivity index (χ4n) is 2.83. The summed E-state index contributed by atoms with van der Waals surface area (Å²) in [5.74, 6) is 0.392. The van der Waals surface area contributed by atoms with Crippen LogP contribution in [0.4, 0.5) is 0 Å². The van der Waals surface area contributed by atoms with Crippen LogP contribution in [0.3, 0.4) is 0 Å². The van der Waals surface area contributed by atoms with Crippen LogP contribution < -0.4 is 9.47 Å². The van der Waals surface area contributed by atoms with Crippen LogP contribution in [0.2, 0.25) is 0 Å². The normalized spacial score (nSPS) is 10.4. The van der Waals surface area contributed by atoms with Crippen LogP contribution in [0.25, 0.3) is 0 Å². The minimum absolute atomic E-state index is 0.0882. The number of furan rings is 1. The van der Waals surface area contributed by atoms with E-state index in [-0.39, 0.29) is 18.0 Å². The van der Waals surface area contributed by atoms with Gasteiger partial charge in [0.1, 0.15) is 17.1 Å². The van der Waals surface area contributed by atoms with Crippen LogP contribution in [0.1, 0.15) is 37.8 Å². The summed E-state index contributed by atoms with van der Waals surface area (Å²) in [4.78, 5) is 25.4. The summed E-state index contributed by atoms with van der Waals surface area (Å²) < 4.78 is 16.2. The molecule has 0 aliphatic carbocycles. The SMILES string of the molecule is C=CCc1cc(C(=O)N(C)Cc2cc(C(=O)O)c(C)o2)cc(OC)c1OC. The van der Waals surface area contributed by atoms with E-state index < -0.39 is 5.97 Å². The first-order valence-corrected chi connectivity index (χ1v) is 8.26. The predicted molar refractivity (Wildman–Crippen MR) is 99.6 cm³/mol. The Hall–Kier alpha value is -3.22. The molecule has 0 bridgehead atoms. The smallest absolute Gasteiger partial charge is 0.339 e. The molecule has 7 nitrogen and oxygen atoms in total. The van der Waals surface area contributed by atoms with Crippen LogP contribution in [-0.2, 0) is 13.0 Å². The van der Waals surface area contributed by atoms with Crippen LogP contribution in [0.15, 0.2) is 35.3 Å². The molecule has 0 aliphatic heterocycles. The Balaban J connectivity index is 2.30. The van der Waals surface area contributed by atoms with Crippen molar-refractivity contribution < 1.29 is 28.6 Å². The Morgan fingerprint density at radius 2 is 1.96 bits per heavy atom. The molecule has 2 aromatic rings. The number of carboxylic acids is 1. The lowest BCUT2D eigenvalue weighted by molar-refractivity contribution is 0.0694. The number of carboxylic acid groups (broad SMARTS) is 1. The Morgan fingerprint density at radius 3 is 2.48 bits per heavy atom. The molecule has 0 saturated heterocycles. The fraction of sp³-hybridized carbons (Fsp3) is 0.300. The summed E-state index contributed by atoms with van der Waals surface area (Å²) in [6.45, 7) is 5.44. The molecule has 1 amide bonds. The summed E-state index contributed by atoms with van der Waals surface area (Å²) in [6, 6.07) is 4.78. The molecule has 27 heavy (non-hydrogen) atoms.